The maximum atomic E-state index is 12.2. The zero-order valence-corrected chi connectivity index (χ0v) is 12.3. The molecule has 0 radical (unpaired) electrons. The van der Waals surface area contributed by atoms with E-state index < -0.39 is 11.9 Å². The third kappa shape index (κ3) is 4.38. The molecule has 0 aromatic carbocycles. The van der Waals surface area contributed by atoms with Gasteiger partial charge in [-0.15, -0.1) is 0 Å². The molecule has 0 aromatic heterocycles. The molecule has 1 rings (SSSR count). The van der Waals surface area contributed by atoms with Gasteiger partial charge in [0.15, 0.2) is 0 Å². The molecule has 0 spiro atoms. The molecule has 1 unspecified atom stereocenters. The fraction of sp³-hybridized carbons (Fsp3) is 0.846. The third-order valence-corrected chi connectivity index (χ3v) is 3.83. The Labute approximate surface area is 115 Å². The number of carbonyl (C=O) groups excluding carboxylic acids is 1. The highest BCUT2D eigenvalue weighted by Crippen LogP contribution is 2.15. The largest absolute Gasteiger partial charge is 0.481 e. The summed E-state index contributed by atoms with van der Waals surface area (Å²) in [5.41, 5.74) is 0. The first-order valence-electron chi connectivity index (χ1n) is 6.72. The van der Waals surface area contributed by atoms with Gasteiger partial charge in [0.2, 0.25) is 0 Å². The monoisotopic (exact) mass is 271 g/mol. The average molecular weight is 271 g/mol. The van der Waals surface area contributed by atoms with E-state index >= 15 is 0 Å². The number of carboxylic acid groups (broad SMARTS) is 1. The lowest BCUT2D eigenvalue weighted by molar-refractivity contribution is -0.141. The van der Waals surface area contributed by atoms with Crippen LogP contribution in [0.4, 0.5) is 4.79 Å². The molecular weight excluding hydrogens is 246 g/mol. The minimum Gasteiger partial charge on any atom is -0.481 e. The van der Waals surface area contributed by atoms with Gasteiger partial charge in [-0.05, 0) is 33.0 Å². The second-order valence-electron chi connectivity index (χ2n) is 5.55. The summed E-state index contributed by atoms with van der Waals surface area (Å²) in [4.78, 5) is 28.5. The van der Waals surface area contributed by atoms with Gasteiger partial charge in [-0.1, -0.05) is 6.92 Å². The first-order chi connectivity index (χ1) is 8.82. The minimum absolute atomic E-state index is 0.0948. The van der Waals surface area contributed by atoms with E-state index in [1.54, 1.807) is 25.9 Å². The summed E-state index contributed by atoms with van der Waals surface area (Å²) >= 11 is 0. The van der Waals surface area contributed by atoms with Crippen LogP contribution in [0.25, 0.3) is 0 Å². The summed E-state index contributed by atoms with van der Waals surface area (Å²) in [6.45, 7) is 3.85. The molecule has 6 heteroatoms. The van der Waals surface area contributed by atoms with Crippen molar-refractivity contribution in [2.45, 2.75) is 25.8 Å². The van der Waals surface area contributed by atoms with Gasteiger partial charge in [-0.2, -0.15) is 0 Å². The zero-order chi connectivity index (χ0) is 14.6. The minimum atomic E-state index is -0.874. The van der Waals surface area contributed by atoms with Crippen molar-refractivity contribution in [2.75, 3.05) is 40.8 Å². The Morgan fingerprint density at radius 2 is 1.84 bits per heavy atom. The number of rotatable bonds is 4. The average Bonchev–Trinajstić information content (AvgIpc) is 2.37. The number of nitrogens with zero attached hydrogens (tertiary/aromatic N) is 3. The van der Waals surface area contributed by atoms with Gasteiger partial charge in [0.05, 0.1) is 5.92 Å². The lowest BCUT2D eigenvalue weighted by atomic mass is 10.0. The molecule has 0 aromatic rings. The first-order valence-corrected chi connectivity index (χ1v) is 6.72. The summed E-state index contributed by atoms with van der Waals surface area (Å²) in [6, 6.07) is 0.161. The number of hydrogen-bond donors (Lipinski definition) is 1. The summed E-state index contributed by atoms with van der Waals surface area (Å²) in [5.74, 6) is -1.42. The molecular formula is C13H25N3O3. The summed E-state index contributed by atoms with van der Waals surface area (Å²) in [6.07, 6.45) is 1.95. The fourth-order valence-corrected chi connectivity index (χ4v) is 2.37. The summed E-state index contributed by atoms with van der Waals surface area (Å²) in [5, 5.41) is 8.87. The number of carboxylic acids is 1. The molecule has 6 nitrogen and oxygen atoms in total. The normalized spacial score (nSPS) is 18.9. The molecule has 1 N–H and O–H groups in total. The lowest BCUT2D eigenvalue weighted by Gasteiger charge is -2.37. The van der Waals surface area contributed by atoms with Gasteiger partial charge < -0.3 is 19.8 Å². The number of hydrogen-bond acceptors (Lipinski definition) is 3. The van der Waals surface area contributed by atoms with Crippen LogP contribution in [0, 0.1) is 5.92 Å². The van der Waals surface area contributed by atoms with Crippen molar-refractivity contribution in [3.05, 3.63) is 0 Å². The van der Waals surface area contributed by atoms with E-state index in [9.17, 15) is 9.59 Å². The molecule has 0 saturated carbocycles. The molecule has 1 fully saturated rings. The third-order valence-electron chi connectivity index (χ3n) is 3.83. The first kappa shape index (κ1) is 15.8. The number of urea groups is 1. The maximum absolute atomic E-state index is 12.2. The number of piperidine rings is 1. The number of carbonyl (C=O) groups is 2. The highest BCUT2D eigenvalue weighted by Gasteiger charge is 2.27. The van der Waals surface area contributed by atoms with Crippen LogP contribution in [0.5, 0.6) is 0 Å². The van der Waals surface area contributed by atoms with Crippen molar-refractivity contribution in [3.8, 4) is 0 Å². The van der Waals surface area contributed by atoms with E-state index in [1.807, 2.05) is 0 Å². The van der Waals surface area contributed by atoms with Crippen LogP contribution in [0.15, 0.2) is 0 Å². The van der Waals surface area contributed by atoms with Gasteiger partial charge in [0, 0.05) is 26.7 Å². The van der Waals surface area contributed by atoms with Gasteiger partial charge in [0.1, 0.15) is 0 Å². The Morgan fingerprint density at radius 1 is 1.32 bits per heavy atom. The van der Waals surface area contributed by atoms with E-state index in [0.717, 1.165) is 25.9 Å². The molecule has 1 heterocycles. The summed E-state index contributed by atoms with van der Waals surface area (Å²) in [7, 11) is 5.55. The smallest absolute Gasteiger partial charge is 0.319 e. The Bertz CT molecular complexity index is 327. The highest BCUT2D eigenvalue weighted by molar-refractivity contribution is 5.76. The van der Waals surface area contributed by atoms with Crippen LogP contribution < -0.4 is 0 Å². The van der Waals surface area contributed by atoms with Crippen molar-refractivity contribution >= 4 is 12.0 Å². The van der Waals surface area contributed by atoms with Crippen LogP contribution in [-0.2, 0) is 4.79 Å². The lowest BCUT2D eigenvalue weighted by Crippen LogP contribution is -2.49. The van der Waals surface area contributed by atoms with Crippen LogP contribution in [-0.4, -0.2) is 78.6 Å². The predicted octanol–water partition coefficient (Wildman–Crippen LogP) is 0.785. The van der Waals surface area contributed by atoms with Crippen LogP contribution in [0.2, 0.25) is 0 Å². The van der Waals surface area contributed by atoms with Crippen molar-refractivity contribution in [2.24, 2.45) is 5.92 Å². The SMILES string of the molecule is CC(CN(C)C(=O)N(C)C1CCN(C)CC1)C(=O)O. The molecule has 1 saturated heterocycles. The molecule has 1 atom stereocenters. The van der Waals surface area contributed by atoms with Gasteiger partial charge in [-0.3, -0.25) is 4.79 Å². The molecule has 19 heavy (non-hydrogen) atoms. The van der Waals surface area contributed by atoms with Crippen molar-refractivity contribution < 1.29 is 14.7 Å². The van der Waals surface area contributed by atoms with Crippen molar-refractivity contribution in [3.63, 3.8) is 0 Å². The Hall–Kier alpha value is -1.30. The standard InChI is InChI=1S/C13H25N3O3/c1-10(12(17)18)9-15(3)13(19)16(4)11-5-7-14(2)8-6-11/h10-11H,5-9H2,1-4H3,(H,17,18). The van der Waals surface area contributed by atoms with Crippen molar-refractivity contribution in [1.29, 1.82) is 0 Å². The number of likely N-dealkylation sites (tertiary alicyclic amines) is 1. The topological polar surface area (TPSA) is 64.1 Å². The molecule has 0 bridgehead atoms. The predicted molar refractivity (Wildman–Crippen MR) is 73.1 cm³/mol. The van der Waals surface area contributed by atoms with Crippen LogP contribution in [0.1, 0.15) is 19.8 Å². The fourth-order valence-electron chi connectivity index (χ4n) is 2.37. The van der Waals surface area contributed by atoms with E-state index in [0.29, 0.717) is 0 Å². The molecule has 110 valence electrons. The maximum Gasteiger partial charge on any atom is 0.319 e. The van der Waals surface area contributed by atoms with E-state index in [-0.39, 0.29) is 18.6 Å². The van der Waals surface area contributed by atoms with E-state index in [2.05, 4.69) is 11.9 Å². The van der Waals surface area contributed by atoms with Gasteiger partial charge in [-0.25, -0.2) is 4.79 Å². The number of amides is 2. The molecule has 1 aliphatic rings. The van der Waals surface area contributed by atoms with Crippen molar-refractivity contribution in [1.82, 2.24) is 14.7 Å². The summed E-state index contributed by atoms with van der Waals surface area (Å²) < 4.78 is 0. The van der Waals surface area contributed by atoms with Gasteiger partial charge >= 0.3 is 12.0 Å². The van der Waals surface area contributed by atoms with E-state index in [4.69, 9.17) is 5.11 Å². The molecule has 1 aliphatic heterocycles. The molecule has 2 amide bonds. The number of aliphatic carboxylic acids is 1. The van der Waals surface area contributed by atoms with Crippen LogP contribution >= 0.6 is 0 Å². The Kier molecular flexibility index (Phi) is 5.60. The Morgan fingerprint density at radius 3 is 2.32 bits per heavy atom. The van der Waals surface area contributed by atoms with E-state index in [1.165, 1.54) is 4.90 Å². The zero-order valence-electron chi connectivity index (χ0n) is 12.3. The highest BCUT2D eigenvalue weighted by atomic mass is 16.4. The Balaban J connectivity index is 2.49. The second-order valence-corrected chi connectivity index (χ2v) is 5.55. The van der Waals surface area contributed by atoms with Crippen LogP contribution in [0.3, 0.4) is 0 Å². The second kappa shape index (κ2) is 6.75. The molecule has 0 aliphatic carbocycles. The van der Waals surface area contributed by atoms with Gasteiger partial charge in [0.25, 0.3) is 0 Å². The quantitative estimate of drug-likeness (QED) is 0.821.